The van der Waals surface area contributed by atoms with Gasteiger partial charge in [-0.15, -0.1) is 0 Å². The number of hydrogen-bond acceptors (Lipinski definition) is 4. The van der Waals surface area contributed by atoms with Crippen LogP contribution in [0.3, 0.4) is 0 Å². The molecule has 0 saturated heterocycles. The van der Waals surface area contributed by atoms with Crippen molar-refractivity contribution in [2.24, 2.45) is 0 Å². The van der Waals surface area contributed by atoms with Gasteiger partial charge in [-0.25, -0.2) is 4.98 Å². The number of hydrogen-bond donors (Lipinski definition) is 2. The molecule has 0 atom stereocenters. The molecule has 158 valence electrons. The van der Waals surface area contributed by atoms with E-state index in [1.807, 2.05) is 49.4 Å². The van der Waals surface area contributed by atoms with Gasteiger partial charge < -0.3 is 11.1 Å². The maximum Gasteiger partial charge on any atom is 0.416 e. The molecule has 0 aliphatic heterocycles. The van der Waals surface area contributed by atoms with Crippen molar-refractivity contribution in [3.05, 3.63) is 94.5 Å². The number of alkyl halides is 3. The van der Waals surface area contributed by atoms with E-state index in [9.17, 15) is 13.2 Å². The van der Waals surface area contributed by atoms with Crippen LogP contribution in [0.5, 0.6) is 0 Å². The second kappa shape index (κ2) is 8.26. The molecule has 4 aromatic rings. The molecule has 0 aliphatic carbocycles. The van der Waals surface area contributed by atoms with Crippen LogP contribution in [0.1, 0.15) is 27.8 Å². The number of anilines is 2. The molecule has 0 bridgehead atoms. The van der Waals surface area contributed by atoms with Gasteiger partial charge in [0.25, 0.3) is 0 Å². The number of nitrogens with zero attached hydrogens (tertiary/aromatic N) is 2. The van der Waals surface area contributed by atoms with Crippen LogP contribution in [0, 0.1) is 6.92 Å². The Bertz CT molecular complexity index is 1200. The van der Waals surface area contributed by atoms with Crippen LogP contribution < -0.4 is 11.1 Å². The van der Waals surface area contributed by atoms with E-state index in [2.05, 4.69) is 15.3 Å². The smallest absolute Gasteiger partial charge is 0.383 e. The van der Waals surface area contributed by atoms with Gasteiger partial charge in [-0.3, -0.25) is 0 Å². The minimum Gasteiger partial charge on any atom is -0.383 e. The Morgan fingerprint density at radius 1 is 0.871 bits per heavy atom. The summed E-state index contributed by atoms with van der Waals surface area (Å²) in [5.74, 6) is 0.760. The van der Waals surface area contributed by atoms with Crippen LogP contribution in [-0.4, -0.2) is 9.97 Å². The second-order valence-corrected chi connectivity index (χ2v) is 7.45. The zero-order chi connectivity index (χ0) is 22.0. The molecule has 0 saturated carbocycles. The molecule has 31 heavy (non-hydrogen) atoms. The van der Waals surface area contributed by atoms with E-state index in [0.29, 0.717) is 35.6 Å². The van der Waals surface area contributed by atoms with Crippen molar-refractivity contribution in [3.63, 3.8) is 0 Å². The third-order valence-electron chi connectivity index (χ3n) is 5.08. The summed E-state index contributed by atoms with van der Waals surface area (Å²) < 4.78 is 38.4. The quantitative estimate of drug-likeness (QED) is 0.430. The van der Waals surface area contributed by atoms with Crippen molar-refractivity contribution in [1.82, 2.24) is 9.97 Å². The molecule has 3 N–H and O–H groups in total. The molecule has 4 rings (SSSR count). The molecular weight excluding hydrogens is 401 g/mol. The van der Waals surface area contributed by atoms with Crippen molar-refractivity contribution in [2.45, 2.75) is 26.1 Å². The summed E-state index contributed by atoms with van der Waals surface area (Å²) in [6.45, 7) is 2.60. The summed E-state index contributed by atoms with van der Waals surface area (Å²) in [6.07, 6.45) is -3.92. The Labute approximate surface area is 178 Å². The number of nitrogens with two attached hydrogens (primary N) is 1. The van der Waals surface area contributed by atoms with Gasteiger partial charge in [0.1, 0.15) is 5.82 Å². The molecule has 0 spiro atoms. The number of fused-ring (bicyclic) bond motifs is 1. The third kappa shape index (κ3) is 4.77. The zero-order valence-corrected chi connectivity index (χ0v) is 16.9. The maximum absolute atomic E-state index is 12.8. The molecule has 0 aliphatic rings. The molecule has 7 heteroatoms. The lowest BCUT2D eigenvalue weighted by Crippen LogP contribution is -2.07. The summed E-state index contributed by atoms with van der Waals surface area (Å²) in [6, 6.07) is 18.9. The van der Waals surface area contributed by atoms with Crippen LogP contribution in [0.15, 0.2) is 66.7 Å². The fourth-order valence-electron chi connectivity index (χ4n) is 3.43. The normalized spacial score (nSPS) is 11.6. The average Bonchev–Trinajstić information content (AvgIpc) is 2.73. The Kier molecular flexibility index (Phi) is 5.50. The van der Waals surface area contributed by atoms with E-state index in [1.165, 1.54) is 17.7 Å². The van der Waals surface area contributed by atoms with Crippen molar-refractivity contribution in [2.75, 3.05) is 11.1 Å². The summed E-state index contributed by atoms with van der Waals surface area (Å²) in [7, 11) is 0. The van der Waals surface area contributed by atoms with Gasteiger partial charge in [0.05, 0.1) is 11.1 Å². The van der Waals surface area contributed by atoms with E-state index in [4.69, 9.17) is 5.73 Å². The van der Waals surface area contributed by atoms with Gasteiger partial charge in [-0.05, 0) is 48.2 Å². The topological polar surface area (TPSA) is 63.8 Å². The lowest BCUT2D eigenvalue weighted by molar-refractivity contribution is -0.137. The first-order chi connectivity index (χ1) is 14.8. The van der Waals surface area contributed by atoms with Gasteiger partial charge in [0, 0.05) is 11.9 Å². The highest BCUT2D eigenvalue weighted by atomic mass is 19.4. The van der Waals surface area contributed by atoms with Gasteiger partial charge in [-0.1, -0.05) is 54.1 Å². The Morgan fingerprint density at radius 2 is 1.55 bits per heavy atom. The zero-order valence-electron chi connectivity index (χ0n) is 16.9. The third-order valence-corrected chi connectivity index (χ3v) is 5.08. The molecule has 0 amide bonds. The van der Waals surface area contributed by atoms with Crippen LogP contribution >= 0.6 is 0 Å². The fourth-order valence-corrected chi connectivity index (χ4v) is 3.43. The lowest BCUT2D eigenvalue weighted by Gasteiger charge is -2.12. The van der Waals surface area contributed by atoms with Crippen LogP contribution in [0.2, 0.25) is 0 Å². The first-order valence-electron chi connectivity index (χ1n) is 9.80. The van der Waals surface area contributed by atoms with E-state index < -0.39 is 11.7 Å². The minimum absolute atomic E-state index is 0.332. The molecule has 0 radical (unpaired) electrons. The Morgan fingerprint density at radius 3 is 2.23 bits per heavy atom. The van der Waals surface area contributed by atoms with Crippen molar-refractivity contribution in [1.29, 1.82) is 0 Å². The predicted octanol–water partition coefficient (Wildman–Crippen LogP) is 5.74. The van der Waals surface area contributed by atoms with E-state index >= 15 is 0 Å². The van der Waals surface area contributed by atoms with Crippen molar-refractivity contribution in [3.8, 4) is 0 Å². The molecule has 4 nitrogen and oxygen atoms in total. The SMILES string of the molecule is Cc1ccc(CNc2nc(N)c3c(Cc4ccc(C(F)(F)F)cc4)cccc3n2)cc1. The van der Waals surface area contributed by atoms with Gasteiger partial charge >= 0.3 is 6.18 Å². The first kappa shape index (κ1) is 20.7. The van der Waals surface area contributed by atoms with Crippen LogP contribution in [0.4, 0.5) is 24.9 Å². The average molecular weight is 422 g/mol. The molecule has 1 aromatic heterocycles. The highest BCUT2D eigenvalue weighted by Crippen LogP contribution is 2.30. The summed E-state index contributed by atoms with van der Waals surface area (Å²) >= 11 is 0. The van der Waals surface area contributed by atoms with Gasteiger partial charge in [0.15, 0.2) is 0 Å². The number of aryl methyl sites for hydroxylation is 1. The van der Waals surface area contributed by atoms with Crippen LogP contribution in [0.25, 0.3) is 10.9 Å². The number of aromatic nitrogens is 2. The second-order valence-electron chi connectivity index (χ2n) is 7.45. The van der Waals surface area contributed by atoms with E-state index in [0.717, 1.165) is 28.8 Å². The number of nitrogens with one attached hydrogen (secondary N) is 1. The number of halogens is 3. The minimum atomic E-state index is -4.35. The molecule has 1 heterocycles. The largest absolute Gasteiger partial charge is 0.416 e. The Hall–Kier alpha value is -3.61. The van der Waals surface area contributed by atoms with Gasteiger partial charge in [0.2, 0.25) is 5.95 Å². The summed E-state index contributed by atoms with van der Waals surface area (Å²) in [4.78, 5) is 8.96. The van der Waals surface area contributed by atoms with Crippen molar-refractivity contribution < 1.29 is 13.2 Å². The molecular formula is C24H21F3N4. The van der Waals surface area contributed by atoms with E-state index in [-0.39, 0.29) is 0 Å². The monoisotopic (exact) mass is 422 g/mol. The summed E-state index contributed by atoms with van der Waals surface area (Å²) in [5, 5.41) is 3.91. The molecule has 3 aromatic carbocycles. The van der Waals surface area contributed by atoms with Crippen LogP contribution in [-0.2, 0) is 19.1 Å². The summed E-state index contributed by atoms with van der Waals surface area (Å²) in [5.41, 5.74) is 10.2. The predicted molar refractivity (Wildman–Crippen MR) is 117 cm³/mol. The lowest BCUT2D eigenvalue weighted by atomic mass is 10.00. The fraction of sp³-hybridized carbons (Fsp3) is 0.167. The maximum atomic E-state index is 12.8. The van der Waals surface area contributed by atoms with E-state index in [1.54, 1.807) is 0 Å². The molecule has 0 unspecified atom stereocenters. The Balaban J connectivity index is 1.57. The van der Waals surface area contributed by atoms with Gasteiger partial charge in [-0.2, -0.15) is 18.2 Å². The molecule has 0 fully saturated rings. The number of nitrogen functional groups attached to an aromatic ring is 1. The highest BCUT2D eigenvalue weighted by Gasteiger charge is 2.29. The number of rotatable bonds is 5. The van der Waals surface area contributed by atoms with Crippen molar-refractivity contribution >= 4 is 22.7 Å². The highest BCUT2D eigenvalue weighted by molar-refractivity contribution is 5.92. The first-order valence-corrected chi connectivity index (χ1v) is 9.80. The number of benzene rings is 3. The standard InChI is InChI=1S/C24H21F3N4/c1-15-5-7-17(8-6-15)14-29-23-30-20-4-2-3-18(21(20)22(28)31-23)13-16-9-11-19(12-10-16)24(25,26)27/h2-12H,13-14H2,1H3,(H3,28,29,30,31).